The van der Waals surface area contributed by atoms with Crippen LogP contribution in [0.3, 0.4) is 0 Å². The number of aliphatic hydroxyl groups is 8. The summed E-state index contributed by atoms with van der Waals surface area (Å²) in [6.45, 7) is -3.69. The van der Waals surface area contributed by atoms with Crippen LogP contribution in [0, 0.1) is 0 Å². The molecule has 15 N–H and O–H groups in total. The van der Waals surface area contributed by atoms with Crippen molar-refractivity contribution in [3.8, 4) is 0 Å². The third-order valence-corrected chi connectivity index (χ3v) is 6.86. The molecule has 0 aromatic heterocycles. The second kappa shape index (κ2) is 13.2. The third-order valence-electron chi connectivity index (χ3n) is 6.86. The minimum atomic E-state index is -2.49. The average Bonchev–Trinajstić information content (AvgIpc) is 2.91. The summed E-state index contributed by atoms with van der Waals surface area (Å²) in [5.41, 5.74) is 17.7. The highest BCUT2D eigenvalue weighted by Crippen LogP contribution is 2.34. The summed E-state index contributed by atoms with van der Waals surface area (Å²) >= 11 is 0. The van der Waals surface area contributed by atoms with Crippen molar-refractivity contribution in [3.05, 3.63) is 0 Å². The van der Waals surface area contributed by atoms with Gasteiger partial charge in [-0.15, -0.1) is 0 Å². The molecule has 19 heteroatoms. The molecule has 0 aromatic carbocycles. The zero-order chi connectivity index (χ0) is 29.2. The Hall–Kier alpha value is -1.21. The van der Waals surface area contributed by atoms with Crippen LogP contribution in [0.4, 0.5) is 0 Å². The fourth-order valence-electron chi connectivity index (χ4n) is 4.53. The minimum absolute atomic E-state index is 0.702. The Morgan fingerprint density at radius 2 is 1.28 bits per heavy atom. The molecular weight excluding hydrogens is 538 g/mol. The van der Waals surface area contributed by atoms with Gasteiger partial charge in [-0.2, -0.15) is 0 Å². The Kier molecular flexibility index (Phi) is 10.9. The first-order valence-electron chi connectivity index (χ1n) is 12.0. The van der Waals surface area contributed by atoms with E-state index in [0.29, 0.717) is 0 Å². The molecule has 0 radical (unpaired) electrons. The van der Waals surface area contributed by atoms with E-state index < -0.39 is 124 Å². The first-order valence-corrected chi connectivity index (χ1v) is 12.0. The van der Waals surface area contributed by atoms with E-state index in [1.807, 2.05) is 0 Å². The molecule has 3 rings (SSSR count). The second-order valence-corrected chi connectivity index (χ2v) is 9.46. The van der Waals surface area contributed by atoms with Crippen molar-refractivity contribution in [2.24, 2.45) is 17.2 Å². The van der Waals surface area contributed by atoms with Crippen LogP contribution in [0.5, 0.6) is 0 Å². The van der Waals surface area contributed by atoms with E-state index in [0.717, 1.165) is 0 Å². The van der Waals surface area contributed by atoms with E-state index in [9.17, 15) is 45.6 Å². The molecule has 0 bridgehead atoms. The van der Waals surface area contributed by atoms with Crippen LogP contribution in [0.1, 0.15) is 0 Å². The summed E-state index contributed by atoms with van der Waals surface area (Å²) in [6, 6.07) is -4.31. The average molecular weight is 576 g/mol. The highest BCUT2D eigenvalue weighted by Gasteiger charge is 2.57. The van der Waals surface area contributed by atoms with Crippen molar-refractivity contribution in [2.75, 3.05) is 26.4 Å². The molecule has 3 heterocycles. The molecule has 0 saturated carbocycles. The molecule has 228 valence electrons. The van der Waals surface area contributed by atoms with Gasteiger partial charge in [0, 0.05) is 0 Å². The fourth-order valence-corrected chi connectivity index (χ4v) is 4.53. The third kappa shape index (κ3) is 6.50. The van der Waals surface area contributed by atoms with E-state index in [-0.39, 0.29) is 0 Å². The molecule has 0 spiro atoms. The molecule has 2 unspecified atom stereocenters. The quantitative estimate of drug-likeness (QED) is 0.115. The first-order chi connectivity index (χ1) is 18.3. The van der Waals surface area contributed by atoms with Gasteiger partial charge in [-0.05, 0) is 0 Å². The number of aliphatic carboxylic acids is 1. The van der Waals surface area contributed by atoms with E-state index >= 15 is 0 Å². The molecule has 3 fully saturated rings. The standard InChI is InChI=1S/C20H37N3O16/c21-8-11(29)14(5(1-24)35-17(8)33)37-18-9(22)12(30)15(6(2-25)36-18)38-19-10(23)13(31)16(32)20(4-26,39-19)34-3-7(27)28/h5-6,8-19,24-26,29-33H,1-4,21-23H2,(H,27,28)/t5-,6-,8-,9-,10-,11-,12-,13-,14?,15?,16+,17-,18+,19+,20-/m1/s1. The van der Waals surface area contributed by atoms with E-state index in [4.69, 9.17) is 50.7 Å². The van der Waals surface area contributed by atoms with Crippen LogP contribution < -0.4 is 17.2 Å². The molecule has 3 aliphatic heterocycles. The lowest BCUT2D eigenvalue weighted by Crippen LogP contribution is -2.72. The van der Waals surface area contributed by atoms with Gasteiger partial charge in [-0.25, -0.2) is 4.79 Å². The Morgan fingerprint density at radius 3 is 1.82 bits per heavy atom. The SMILES string of the molecule is N[C@H]1[C@@H](OC2[C@@H](CO)O[C@@H](OC3[C@@H](CO)O[C@@H](O)[C@H](N)[C@H]3O)[C@H](N)[C@H]2O)O[C@@](CO)(OCC(=O)O)[C@@H](O)[C@@H]1O. The van der Waals surface area contributed by atoms with Gasteiger partial charge in [0.25, 0.3) is 0 Å². The van der Waals surface area contributed by atoms with Crippen LogP contribution in [0.25, 0.3) is 0 Å². The predicted octanol–water partition coefficient (Wildman–Crippen LogP) is -8.24. The van der Waals surface area contributed by atoms with E-state index in [1.165, 1.54) is 0 Å². The molecule has 3 saturated heterocycles. The van der Waals surface area contributed by atoms with Gasteiger partial charge in [-0.1, -0.05) is 0 Å². The lowest BCUT2D eigenvalue weighted by molar-refractivity contribution is -0.407. The fraction of sp³-hybridized carbons (Fsp3) is 0.950. The molecule has 19 nitrogen and oxygen atoms in total. The maximum absolute atomic E-state index is 11.0. The van der Waals surface area contributed by atoms with Gasteiger partial charge in [0.05, 0.1) is 31.3 Å². The lowest BCUT2D eigenvalue weighted by atomic mass is 9.93. The van der Waals surface area contributed by atoms with Crippen LogP contribution in [0.15, 0.2) is 0 Å². The van der Waals surface area contributed by atoms with E-state index in [1.54, 1.807) is 0 Å². The summed E-state index contributed by atoms with van der Waals surface area (Å²) in [4.78, 5) is 11.0. The van der Waals surface area contributed by atoms with Crippen LogP contribution in [-0.4, -0.2) is 170 Å². The Morgan fingerprint density at radius 1 is 0.769 bits per heavy atom. The van der Waals surface area contributed by atoms with Gasteiger partial charge in [-0.3, -0.25) is 0 Å². The minimum Gasteiger partial charge on any atom is -0.480 e. The summed E-state index contributed by atoms with van der Waals surface area (Å²) < 4.78 is 32.5. The number of hydrogen-bond donors (Lipinski definition) is 12. The monoisotopic (exact) mass is 575 g/mol. The molecule has 15 atom stereocenters. The van der Waals surface area contributed by atoms with Gasteiger partial charge < -0.3 is 91.6 Å². The number of carboxylic acid groups (broad SMARTS) is 1. The molecule has 39 heavy (non-hydrogen) atoms. The van der Waals surface area contributed by atoms with Gasteiger partial charge in [0.2, 0.25) is 5.79 Å². The Labute approximate surface area is 221 Å². The number of ether oxygens (including phenoxy) is 6. The lowest BCUT2D eigenvalue weighted by Gasteiger charge is -2.50. The number of nitrogens with two attached hydrogens (primary N) is 3. The van der Waals surface area contributed by atoms with E-state index in [2.05, 4.69) is 0 Å². The largest absolute Gasteiger partial charge is 0.480 e. The van der Waals surface area contributed by atoms with Gasteiger partial charge in [0.1, 0.15) is 62.0 Å². The van der Waals surface area contributed by atoms with Crippen LogP contribution in [0.2, 0.25) is 0 Å². The topological polar surface area (TPSA) is 333 Å². The van der Waals surface area contributed by atoms with Crippen LogP contribution in [-0.2, 0) is 33.2 Å². The maximum atomic E-state index is 11.0. The molecular formula is C20H37N3O16. The Bertz CT molecular complexity index is 811. The van der Waals surface area contributed by atoms with Crippen molar-refractivity contribution in [3.63, 3.8) is 0 Å². The number of carbonyl (C=O) groups is 1. The number of hydrogen-bond acceptors (Lipinski definition) is 18. The second-order valence-electron chi connectivity index (χ2n) is 9.46. The summed E-state index contributed by atoms with van der Waals surface area (Å²) in [7, 11) is 0. The zero-order valence-electron chi connectivity index (χ0n) is 20.5. The molecule has 0 aromatic rings. The van der Waals surface area contributed by atoms with Crippen molar-refractivity contribution < 1.29 is 79.2 Å². The van der Waals surface area contributed by atoms with Gasteiger partial charge in [0.15, 0.2) is 18.9 Å². The maximum Gasteiger partial charge on any atom is 0.329 e. The van der Waals surface area contributed by atoms with Gasteiger partial charge >= 0.3 is 5.97 Å². The van der Waals surface area contributed by atoms with Crippen molar-refractivity contribution in [1.82, 2.24) is 0 Å². The number of aliphatic hydroxyl groups excluding tert-OH is 8. The summed E-state index contributed by atoms with van der Waals surface area (Å²) in [5, 5.41) is 90.1. The smallest absolute Gasteiger partial charge is 0.329 e. The predicted molar refractivity (Wildman–Crippen MR) is 120 cm³/mol. The van der Waals surface area contributed by atoms with Crippen molar-refractivity contribution >= 4 is 5.97 Å². The zero-order valence-corrected chi connectivity index (χ0v) is 20.5. The highest BCUT2D eigenvalue weighted by atomic mass is 16.8. The van der Waals surface area contributed by atoms with Crippen molar-refractivity contribution in [1.29, 1.82) is 0 Å². The summed E-state index contributed by atoms with van der Waals surface area (Å²) in [6.07, 6.45) is -17.6. The number of carboxylic acids is 1. The summed E-state index contributed by atoms with van der Waals surface area (Å²) in [5.74, 6) is -3.97. The normalized spacial score (nSPS) is 49.1. The highest BCUT2D eigenvalue weighted by molar-refractivity contribution is 5.68. The molecule has 0 aliphatic carbocycles. The first kappa shape index (κ1) is 32.3. The Balaban J connectivity index is 1.77. The number of rotatable bonds is 10. The molecule has 3 aliphatic rings. The van der Waals surface area contributed by atoms with Crippen molar-refractivity contribution in [2.45, 2.75) is 91.6 Å². The molecule has 0 amide bonds. The van der Waals surface area contributed by atoms with Crippen LogP contribution >= 0.6 is 0 Å².